The van der Waals surface area contributed by atoms with Crippen LogP contribution in [0.2, 0.25) is 0 Å². The van der Waals surface area contributed by atoms with Gasteiger partial charge in [0.25, 0.3) is 0 Å². The molecule has 0 unspecified atom stereocenters. The molecule has 0 aliphatic carbocycles. The zero-order valence-electron chi connectivity index (χ0n) is 15.5. The summed E-state index contributed by atoms with van der Waals surface area (Å²) in [5.74, 6) is -0.538. The Labute approximate surface area is 167 Å². The molecule has 3 aromatic rings. The lowest BCUT2D eigenvalue weighted by Gasteiger charge is -2.33. The monoisotopic (exact) mass is 419 g/mol. The van der Waals surface area contributed by atoms with E-state index < -0.39 is 26.6 Å². The number of piperazine rings is 1. The van der Waals surface area contributed by atoms with Crippen molar-refractivity contribution in [3.63, 3.8) is 0 Å². The summed E-state index contributed by atoms with van der Waals surface area (Å²) >= 11 is 0. The minimum atomic E-state index is -4.09. The molecule has 0 saturated carbocycles. The first-order valence-corrected chi connectivity index (χ1v) is 10.6. The highest BCUT2D eigenvalue weighted by Crippen LogP contribution is 2.23. The molecule has 1 saturated heterocycles. The molecule has 0 bridgehead atoms. The van der Waals surface area contributed by atoms with E-state index in [1.54, 1.807) is 6.20 Å². The number of sulfonamides is 1. The van der Waals surface area contributed by atoms with Crippen molar-refractivity contribution in [2.45, 2.75) is 11.4 Å². The fraction of sp³-hybridized carbons (Fsp3) is 0.250. The molecule has 0 spiro atoms. The van der Waals surface area contributed by atoms with Crippen molar-refractivity contribution in [1.82, 2.24) is 14.2 Å². The lowest BCUT2D eigenvalue weighted by Crippen LogP contribution is -2.48. The average Bonchev–Trinajstić information content (AvgIpc) is 3.19. The van der Waals surface area contributed by atoms with Gasteiger partial charge in [0.1, 0.15) is 16.5 Å². The van der Waals surface area contributed by atoms with Gasteiger partial charge in [0.05, 0.1) is 12.7 Å². The van der Waals surface area contributed by atoms with Crippen LogP contribution in [-0.2, 0) is 16.6 Å². The number of hydrogen-bond donors (Lipinski definition) is 0. The van der Waals surface area contributed by atoms with Crippen molar-refractivity contribution in [3.8, 4) is 11.3 Å². The molecule has 1 aliphatic rings. The predicted molar refractivity (Wildman–Crippen MR) is 102 cm³/mol. The zero-order valence-corrected chi connectivity index (χ0v) is 16.3. The summed E-state index contributed by atoms with van der Waals surface area (Å²) in [6, 6.07) is 12.0. The first kappa shape index (κ1) is 19.7. The van der Waals surface area contributed by atoms with Crippen molar-refractivity contribution in [2.24, 2.45) is 0 Å². The second kappa shape index (κ2) is 8.02. The Hall–Kier alpha value is -2.62. The SMILES string of the molecule is O=S(=O)(c1cc(F)ccc1F)N1CCN(Cc2ncc(-c3ccccc3)o2)CC1. The van der Waals surface area contributed by atoms with E-state index in [1.165, 1.54) is 4.31 Å². The Kier molecular flexibility index (Phi) is 5.44. The van der Waals surface area contributed by atoms with Crippen LogP contribution < -0.4 is 0 Å². The summed E-state index contributed by atoms with van der Waals surface area (Å²) in [7, 11) is -4.09. The maximum Gasteiger partial charge on any atom is 0.246 e. The molecule has 152 valence electrons. The van der Waals surface area contributed by atoms with Crippen molar-refractivity contribution in [1.29, 1.82) is 0 Å². The number of oxazole rings is 1. The minimum Gasteiger partial charge on any atom is -0.439 e. The number of benzene rings is 2. The molecule has 2 aromatic carbocycles. The number of hydrogen-bond acceptors (Lipinski definition) is 5. The highest BCUT2D eigenvalue weighted by atomic mass is 32.2. The summed E-state index contributed by atoms with van der Waals surface area (Å²) in [6.45, 7) is 1.64. The van der Waals surface area contributed by atoms with E-state index in [-0.39, 0.29) is 13.1 Å². The summed E-state index contributed by atoms with van der Waals surface area (Å²) in [5, 5.41) is 0. The molecule has 1 fully saturated rings. The van der Waals surface area contributed by atoms with Crippen molar-refractivity contribution in [2.75, 3.05) is 26.2 Å². The largest absolute Gasteiger partial charge is 0.439 e. The van der Waals surface area contributed by atoms with Crippen LogP contribution in [0.25, 0.3) is 11.3 Å². The molecule has 1 aliphatic heterocycles. The molecule has 1 aromatic heterocycles. The Morgan fingerprint density at radius 3 is 2.45 bits per heavy atom. The van der Waals surface area contributed by atoms with Crippen LogP contribution in [-0.4, -0.2) is 48.8 Å². The van der Waals surface area contributed by atoms with Gasteiger partial charge >= 0.3 is 0 Å². The van der Waals surface area contributed by atoms with Crippen molar-refractivity contribution < 1.29 is 21.6 Å². The van der Waals surface area contributed by atoms with Crippen LogP contribution in [0.3, 0.4) is 0 Å². The lowest BCUT2D eigenvalue weighted by molar-refractivity contribution is 0.168. The molecule has 2 heterocycles. The maximum atomic E-state index is 13.9. The topological polar surface area (TPSA) is 66.7 Å². The second-order valence-corrected chi connectivity index (χ2v) is 8.65. The van der Waals surface area contributed by atoms with E-state index in [4.69, 9.17) is 4.42 Å². The van der Waals surface area contributed by atoms with Crippen LogP contribution in [0.15, 0.2) is 64.0 Å². The van der Waals surface area contributed by atoms with Crippen LogP contribution in [0.5, 0.6) is 0 Å². The minimum absolute atomic E-state index is 0.171. The Morgan fingerprint density at radius 2 is 1.72 bits per heavy atom. The molecular formula is C20H19F2N3O3S. The smallest absolute Gasteiger partial charge is 0.246 e. The van der Waals surface area contributed by atoms with Crippen LogP contribution >= 0.6 is 0 Å². The summed E-state index contributed by atoms with van der Waals surface area (Å²) in [6.07, 6.45) is 1.66. The van der Waals surface area contributed by atoms with Gasteiger partial charge in [-0.3, -0.25) is 4.90 Å². The van der Waals surface area contributed by atoms with Crippen molar-refractivity contribution >= 4 is 10.0 Å². The molecular weight excluding hydrogens is 400 g/mol. The van der Waals surface area contributed by atoms with Gasteiger partial charge in [-0.05, 0) is 18.2 Å². The fourth-order valence-electron chi connectivity index (χ4n) is 3.25. The molecule has 4 rings (SSSR count). The maximum absolute atomic E-state index is 13.9. The third kappa shape index (κ3) is 4.21. The average molecular weight is 419 g/mol. The van der Waals surface area contributed by atoms with Gasteiger partial charge in [0, 0.05) is 31.7 Å². The standard InChI is InChI=1S/C20H19F2N3O3S/c21-16-6-7-17(22)19(12-16)29(26,27)25-10-8-24(9-11-25)14-20-23-13-18(28-20)15-4-2-1-3-5-15/h1-7,12-13H,8-11,14H2. The highest BCUT2D eigenvalue weighted by Gasteiger charge is 2.31. The van der Waals surface area contributed by atoms with E-state index >= 15 is 0 Å². The zero-order chi connectivity index (χ0) is 20.4. The quantitative estimate of drug-likeness (QED) is 0.636. The van der Waals surface area contributed by atoms with Crippen LogP contribution in [0, 0.1) is 11.6 Å². The van der Waals surface area contributed by atoms with Gasteiger partial charge in [0.15, 0.2) is 5.76 Å². The van der Waals surface area contributed by atoms with E-state index in [1.807, 2.05) is 35.2 Å². The molecule has 0 radical (unpaired) electrons. The van der Waals surface area contributed by atoms with E-state index in [0.717, 1.165) is 23.8 Å². The van der Waals surface area contributed by atoms with Gasteiger partial charge in [-0.1, -0.05) is 30.3 Å². The van der Waals surface area contributed by atoms with E-state index in [0.29, 0.717) is 31.3 Å². The first-order chi connectivity index (χ1) is 13.9. The third-order valence-corrected chi connectivity index (χ3v) is 6.73. The van der Waals surface area contributed by atoms with Gasteiger partial charge in [-0.15, -0.1) is 0 Å². The summed E-state index contributed by atoms with van der Waals surface area (Å²) < 4.78 is 59.6. The second-order valence-electron chi connectivity index (χ2n) is 6.74. The number of rotatable bonds is 5. The summed E-state index contributed by atoms with van der Waals surface area (Å²) in [5.41, 5.74) is 0.930. The first-order valence-electron chi connectivity index (χ1n) is 9.11. The molecule has 9 heteroatoms. The Bertz CT molecular complexity index is 1100. The molecule has 0 N–H and O–H groups in total. The summed E-state index contributed by atoms with van der Waals surface area (Å²) in [4.78, 5) is 5.67. The third-order valence-electron chi connectivity index (χ3n) is 4.81. The van der Waals surface area contributed by atoms with Gasteiger partial charge < -0.3 is 4.42 Å². The molecule has 29 heavy (non-hydrogen) atoms. The normalized spacial score (nSPS) is 16.2. The van der Waals surface area contributed by atoms with Gasteiger partial charge in [-0.2, -0.15) is 4.31 Å². The van der Waals surface area contributed by atoms with E-state index in [2.05, 4.69) is 4.98 Å². The predicted octanol–water partition coefficient (Wildman–Crippen LogP) is 3.13. The Morgan fingerprint density at radius 1 is 1.00 bits per heavy atom. The van der Waals surface area contributed by atoms with Crippen LogP contribution in [0.4, 0.5) is 8.78 Å². The van der Waals surface area contributed by atoms with Gasteiger partial charge in [0.2, 0.25) is 15.9 Å². The Balaban J connectivity index is 1.40. The van der Waals surface area contributed by atoms with Crippen LogP contribution in [0.1, 0.15) is 5.89 Å². The van der Waals surface area contributed by atoms with Crippen molar-refractivity contribution in [3.05, 3.63) is 72.3 Å². The van der Waals surface area contributed by atoms with Gasteiger partial charge in [-0.25, -0.2) is 22.2 Å². The lowest BCUT2D eigenvalue weighted by atomic mass is 10.2. The highest BCUT2D eigenvalue weighted by molar-refractivity contribution is 7.89. The number of nitrogens with zero attached hydrogens (tertiary/aromatic N) is 3. The molecule has 0 atom stereocenters. The number of halogens is 2. The fourth-order valence-corrected chi connectivity index (χ4v) is 4.75. The number of aromatic nitrogens is 1. The molecule has 0 amide bonds. The molecule has 6 nitrogen and oxygen atoms in total. The van der Waals surface area contributed by atoms with E-state index in [9.17, 15) is 17.2 Å².